The van der Waals surface area contributed by atoms with Crippen molar-refractivity contribution in [2.75, 3.05) is 25.5 Å². The van der Waals surface area contributed by atoms with Crippen molar-refractivity contribution in [2.24, 2.45) is 11.8 Å². The minimum atomic E-state index is 0.0519. The van der Waals surface area contributed by atoms with Crippen LogP contribution in [0.2, 0.25) is 0 Å². The Hall–Kier alpha value is -1.58. The fourth-order valence-electron chi connectivity index (χ4n) is 2.66. The summed E-state index contributed by atoms with van der Waals surface area (Å²) in [5.74, 6) is 1.21. The van der Waals surface area contributed by atoms with Crippen molar-refractivity contribution in [2.45, 2.75) is 20.3 Å². The molecule has 1 saturated heterocycles. The van der Waals surface area contributed by atoms with Crippen LogP contribution in [0.3, 0.4) is 0 Å². The molecule has 18 heavy (non-hydrogen) atoms. The summed E-state index contributed by atoms with van der Waals surface area (Å²) in [5, 5.41) is 3.00. The first-order valence-corrected chi connectivity index (χ1v) is 6.53. The molecule has 1 fully saturated rings. The zero-order chi connectivity index (χ0) is 13.1. The second-order valence-electron chi connectivity index (χ2n) is 5.34. The smallest absolute Gasteiger partial charge is 0.272 e. The number of nitrogens with zero attached hydrogens (tertiary/aromatic N) is 2. The molecule has 2 rings (SSSR count). The standard InChI is InChI=1S/C14H21N3O/c1-10-6-11(2)9-17(8-10)14(18)13-5-4-12(15-3)7-16-13/h4-5,7,10-11,15H,6,8-9H2,1-3H3. The predicted molar refractivity (Wildman–Crippen MR) is 72.6 cm³/mol. The minimum Gasteiger partial charge on any atom is -0.387 e. The maximum atomic E-state index is 12.3. The van der Waals surface area contributed by atoms with Gasteiger partial charge in [-0.15, -0.1) is 0 Å². The Labute approximate surface area is 108 Å². The molecule has 0 bridgehead atoms. The highest BCUT2D eigenvalue weighted by molar-refractivity contribution is 5.92. The quantitative estimate of drug-likeness (QED) is 0.871. The summed E-state index contributed by atoms with van der Waals surface area (Å²) in [7, 11) is 1.84. The molecule has 4 nitrogen and oxygen atoms in total. The van der Waals surface area contributed by atoms with Crippen molar-refractivity contribution in [3.8, 4) is 0 Å². The fraction of sp³-hybridized carbons (Fsp3) is 0.571. The number of carbonyl (C=O) groups is 1. The van der Waals surface area contributed by atoms with Crippen LogP contribution in [0.5, 0.6) is 0 Å². The molecule has 1 amide bonds. The Bertz CT molecular complexity index is 406. The predicted octanol–water partition coefficient (Wildman–Crippen LogP) is 2.24. The van der Waals surface area contributed by atoms with Crippen LogP contribution in [-0.2, 0) is 0 Å². The molecular formula is C14H21N3O. The monoisotopic (exact) mass is 247 g/mol. The van der Waals surface area contributed by atoms with E-state index in [0.29, 0.717) is 17.5 Å². The first kappa shape index (κ1) is 12.9. The van der Waals surface area contributed by atoms with E-state index in [2.05, 4.69) is 24.1 Å². The van der Waals surface area contributed by atoms with E-state index >= 15 is 0 Å². The molecule has 1 aliphatic rings. The van der Waals surface area contributed by atoms with Gasteiger partial charge in [-0.2, -0.15) is 0 Å². The lowest BCUT2D eigenvalue weighted by Gasteiger charge is -2.34. The van der Waals surface area contributed by atoms with Gasteiger partial charge >= 0.3 is 0 Å². The summed E-state index contributed by atoms with van der Waals surface area (Å²) >= 11 is 0. The number of likely N-dealkylation sites (tertiary alicyclic amines) is 1. The van der Waals surface area contributed by atoms with E-state index in [-0.39, 0.29) is 5.91 Å². The molecule has 2 heterocycles. The number of piperidine rings is 1. The summed E-state index contributed by atoms with van der Waals surface area (Å²) in [4.78, 5) is 18.5. The van der Waals surface area contributed by atoms with E-state index in [4.69, 9.17) is 0 Å². The van der Waals surface area contributed by atoms with E-state index in [1.165, 1.54) is 6.42 Å². The van der Waals surface area contributed by atoms with Crippen molar-refractivity contribution >= 4 is 11.6 Å². The van der Waals surface area contributed by atoms with Gasteiger partial charge in [0.1, 0.15) is 5.69 Å². The van der Waals surface area contributed by atoms with Crippen LogP contribution >= 0.6 is 0 Å². The van der Waals surface area contributed by atoms with E-state index in [9.17, 15) is 4.79 Å². The van der Waals surface area contributed by atoms with Crippen molar-refractivity contribution in [1.82, 2.24) is 9.88 Å². The number of anilines is 1. The molecular weight excluding hydrogens is 226 g/mol. The summed E-state index contributed by atoms with van der Waals surface area (Å²) in [6, 6.07) is 3.68. The van der Waals surface area contributed by atoms with E-state index in [1.807, 2.05) is 18.0 Å². The molecule has 4 heteroatoms. The molecule has 0 aliphatic carbocycles. The molecule has 0 saturated carbocycles. The minimum absolute atomic E-state index is 0.0519. The van der Waals surface area contributed by atoms with Crippen LogP contribution in [0.25, 0.3) is 0 Å². The maximum Gasteiger partial charge on any atom is 0.272 e. The lowest BCUT2D eigenvalue weighted by molar-refractivity contribution is 0.0617. The third-order valence-electron chi connectivity index (χ3n) is 3.43. The van der Waals surface area contributed by atoms with Gasteiger partial charge in [-0.25, -0.2) is 4.98 Å². The third kappa shape index (κ3) is 2.81. The first-order chi connectivity index (χ1) is 8.60. The average molecular weight is 247 g/mol. The maximum absolute atomic E-state index is 12.3. The molecule has 0 spiro atoms. The van der Waals surface area contributed by atoms with Crippen LogP contribution < -0.4 is 5.32 Å². The van der Waals surface area contributed by atoms with Crippen LogP contribution in [0.15, 0.2) is 18.3 Å². The van der Waals surface area contributed by atoms with Gasteiger partial charge in [0.25, 0.3) is 5.91 Å². The topological polar surface area (TPSA) is 45.2 Å². The zero-order valence-electron chi connectivity index (χ0n) is 11.3. The van der Waals surface area contributed by atoms with Crippen LogP contribution in [0.1, 0.15) is 30.8 Å². The second kappa shape index (κ2) is 5.38. The Balaban J connectivity index is 2.09. The highest BCUT2D eigenvalue weighted by atomic mass is 16.2. The molecule has 1 aliphatic heterocycles. The van der Waals surface area contributed by atoms with Gasteiger partial charge < -0.3 is 10.2 Å². The summed E-state index contributed by atoms with van der Waals surface area (Å²) < 4.78 is 0. The average Bonchev–Trinajstić information content (AvgIpc) is 2.37. The van der Waals surface area contributed by atoms with Crippen LogP contribution in [0, 0.1) is 11.8 Å². The van der Waals surface area contributed by atoms with E-state index in [1.54, 1.807) is 12.3 Å². The van der Waals surface area contributed by atoms with E-state index in [0.717, 1.165) is 18.8 Å². The van der Waals surface area contributed by atoms with E-state index < -0.39 is 0 Å². The van der Waals surface area contributed by atoms with Crippen molar-refractivity contribution in [1.29, 1.82) is 0 Å². The first-order valence-electron chi connectivity index (χ1n) is 6.53. The number of carbonyl (C=O) groups excluding carboxylic acids is 1. The summed E-state index contributed by atoms with van der Waals surface area (Å²) in [5.41, 5.74) is 1.46. The highest BCUT2D eigenvalue weighted by Gasteiger charge is 2.26. The van der Waals surface area contributed by atoms with Gasteiger partial charge in [0, 0.05) is 20.1 Å². The third-order valence-corrected chi connectivity index (χ3v) is 3.43. The Morgan fingerprint density at radius 3 is 2.50 bits per heavy atom. The summed E-state index contributed by atoms with van der Waals surface area (Å²) in [6.45, 7) is 6.10. The number of rotatable bonds is 2. The molecule has 1 aromatic heterocycles. The molecule has 2 atom stereocenters. The van der Waals surface area contributed by atoms with Crippen molar-refractivity contribution in [3.05, 3.63) is 24.0 Å². The number of aromatic nitrogens is 1. The van der Waals surface area contributed by atoms with Gasteiger partial charge in [0.2, 0.25) is 0 Å². The van der Waals surface area contributed by atoms with Gasteiger partial charge in [-0.1, -0.05) is 13.8 Å². The fourth-order valence-corrected chi connectivity index (χ4v) is 2.66. The van der Waals surface area contributed by atoms with Gasteiger partial charge in [-0.3, -0.25) is 4.79 Å². The summed E-state index contributed by atoms with van der Waals surface area (Å²) in [6.07, 6.45) is 2.90. The zero-order valence-corrected chi connectivity index (χ0v) is 11.3. The van der Waals surface area contributed by atoms with Crippen LogP contribution in [-0.4, -0.2) is 35.9 Å². The normalized spacial score (nSPS) is 23.8. The van der Waals surface area contributed by atoms with Gasteiger partial charge in [-0.05, 0) is 30.4 Å². The van der Waals surface area contributed by atoms with Gasteiger partial charge in [0.15, 0.2) is 0 Å². The highest BCUT2D eigenvalue weighted by Crippen LogP contribution is 2.22. The molecule has 0 radical (unpaired) electrons. The lowest BCUT2D eigenvalue weighted by atomic mass is 9.92. The molecule has 1 N–H and O–H groups in total. The number of hydrogen-bond acceptors (Lipinski definition) is 3. The van der Waals surface area contributed by atoms with Crippen LogP contribution in [0.4, 0.5) is 5.69 Å². The SMILES string of the molecule is CNc1ccc(C(=O)N2CC(C)CC(C)C2)nc1. The molecule has 2 unspecified atom stereocenters. The molecule has 98 valence electrons. The number of amides is 1. The Morgan fingerprint density at radius 1 is 1.33 bits per heavy atom. The Morgan fingerprint density at radius 2 is 2.00 bits per heavy atom. The number of pyridine rings is 1. The van der Waals surface area contributed by atoms with Crippen molar-refractivity contribution in [3.63, 3.8) is 0 Å². The lowest BCUT2D eigenvalue weighted by Crippen LogP contribution is -2.42. The number of hydrogen-bond donors (Lipinski definition) is 1. The Kier molecular flexibility index (Phi) is 3.84. The largest absolute Gasteiger partial charge is 0.387 e. The molecule has 0 aromatic carbocycles. The van der Waals surface area contributed by atoms with Crippen molar-refractivity contribution < 1.29 is 4.79 Å². The number of nitrogens with one attached hydrogen (secondary N) is 1. The molecule has 1 aromatic rings. The second-order valence-corrected chi connectivity index (χ2v) is 5.34. The van der Waals surface area contributed by atoms with Gasteiger partial charge in [0.05, 0.1) is 11.9 Å².